The lowest BCUT2D eigenvalue weighted by atomic mass is 10.0. The molecule has 0 fully saturated rings. The van der Waals surface area contributed by atoms with Gasteiger partial charge in [-0.05, 0) is 47.4 Å². The molecule has 0 saturated heterocycles. The topological polar surface area (TPSA) is 38.8 Å². The number of carbonyl (C=O) groups is 1. The minimum absolute atomic E-state index is 0.169. The van der Waals surface area contributed by atoms with Gasteiger partial charge >= 0.3 is 0 Å². The van der Waals surface area contributed by atoms with Crippen LogP contribution in [0.2, 0.25) is 0 Å². The molecule has 2 aromatic carbocycles. The quantitative estimate of drug-likeness (QED) is 0.596. The van der Waals surface area contributed by atoms with Crippen molar-refractivity contribution in [3.8, 4) is 11.5 Å². The van der Waals surface area contributed by atoms with Gasteiger partial charge in [0.25, 0.3) is 0 Å². The number of nitrogens with zero attached hydrogens (tertiary/aromatic N) is 1. The van der Waals surface area contributed by atoms with E-state index in [4.69, 9.17) is 9.47 Å². The van der Waals surface area contributed by atoms with Crippen molar-refractivity contribution in [3.63, 3.8) is 0 Å². The molecule has 3 aromatic rings. The zero-order chi connectivity index (χ0) is 19.1. The van der Waals surface area contributed by atoms with Gasteiger partial charge in [-0.2, -0.15) is 0 Å². The van der Waals surface area contributed by atoms with Crippen molar-refractivity contribution >= 4 is 23.2 Å². The molecule has 3 heterocycles. The van der Waals surface area contributed by atoms with Gasteiger partial charge in [0.05, 0.1) is 11.1 Å². The fourth-order valence-electron chi connectivity index (χ4n) is 3.44. The summed E-state index contributed by atoms with van der Waals surface area (Å²) in [4.78, 5) is 16.2. The van der Waals surface area contributed by atoms with E-state index in [0.29, 0.717) is 30.2 Å². The minimum Gasteiger partial charge on any atom is -0.478 e. The maximum absolute atomic E-state index is 13.1. The molecular weight excluding hydrogens is 377 g/mol. The average molecular weight is 393 g/mol. The summed E-state index contributed by atoms with van der Waals surface area (Å²) in [5.74, 6) is 1.06. The van der Waals surface area contributed by atoms with Gasteiger partial charge in [0.2, 0.25) is 5.78 Å². The molecule has 6 heteroatoms. The Morgan fingerprint density at radius 3 is 2.79 bits per heavy atom. The molecule has 0 radical (unpaired) electrons. The van der Waals surface area contributed by atoms with Crippen molar-refractivity contribution in [2.75, 3.05) is 6.73 Å². The van der Waals surface area contributed by atoms with Crippen LogP contribution in [-0.2, 0) is 13.1 Å². The van der Waals surface area contributed by atoms with Gasteiger partial charge < -0.3 is 9.47 Å². The summed E-state index contributed by atoms with van der Waals surface area (Å²) >= 11 is 1.71. The van der Waals surface area contributed by atoms with Crippen LogP contribution in [0.5, 0.6) is 11.5 Å². The summed E-state index contributed by atoms with van der Waals surface area (Å²) in [7, 11) is 0. The minimum atomic E-state index is -0.318. The van der Waals surface area contributed by atoms with E-state index < -0.39 is 0 Å². The molecule has 0 unspecified atom stereocenters. The van der Waals surface area contributed by atoms with E-state index in [1.807, 2.05) is 12.1 Å². The van der Waals surface area contributed by atoms with Gasteiger partial charge in [-0.1, -0.05) is 18.2 Å². The first kappa shape index (κ1) is 17.2. The van der Waals surface area contributed by atoms with Crippen LogP contribution >= 0.6 is 11.3 Å². The SMILES string of the molecule is O=C1/C(=C/c2ccc(F)cc2)Oc2c1ccc1c2CN(Cc2cccs2)CO1. The molecule has 0 spiro atoms. The highest BCUT2D eigenvalue weighted by Gasteiger charge is 2.33. The number of allylic oxidation sites excluding steroid dienone is 1. The number of Topliss-reactive ketones (excluding diaryl/α,β-unsaturated/α-hetero) is 1. The van der Waals surface area contributed by atoms with Gasteiger partial charge in [-0.25, -0.2) is 4.39 Å². The largest absolute Gasteiger partial charge is 0.478 e. The van der Waals surface area contributed by atoms with Crippen LogP contribution in [0.15, 0.2) is 59.7 Å². The van der Waals surface area contributed by atoms with Crippen LogP contribution in [0, 0.1) is 5.82 Å². The summed E-state index contributed by atoms with van der Waals surface area (Å²) in [5, 5.41) is 2.06. The summed E-state index contributed by atoms with van der Waals surface area (Å²) in [5.41, 5.74) is 2.13. The van der Waals surface area contributed by atoms with Crippen LogP contribution in [0.4, 0.5) is 4.39 Å². The number of thiophene rings is 1. The van der Waals surface area contributed by atoms with Gasteiger partial charge in [0.1, 0.15) is 24.0 Å². The molecule has 1 aromatic heterocycles. The Balaban J connectivity index is 1.44. The number of hydrogen-bond donors (Lipinski definition) is 0. The lowest BCUT2D eigenvalue weighted by molar-refractivity contribution is 0.0882. The number of benzene rings is 2. The zero-order valence-electron chi connectivity index (χ0n) is 14.9. The molecule has 0 atom stereocenters. The molecule has 28 heavy (non-hydrogen) atoms. The Morgan fingerprint density at radius 1 is 1.14 bits per heavy atom. The van der Waals surface area contributed by atoms with Crippen LogP contribution in [0.3, 0.4) is 0 Å². The fourth-order valence-corrected chi connectivity index (χ4v) is 4.19. The first-order valence-corrected chi connectivity index (χ1v) is 9.78. The molecule has 0 amide bonds. The number of halogens is 1. The third-order valence-corrected chi connectivity index (χ3v) is 5.67. The summed E-state index contributed by atoms with van der Waals surface area (Å²) in [6.07, 6.45) is 1.64. The monoisotopic (exact) mass is 393 g/mol. The van der Waals surface area contributed by atoms with E-state index in [2.05, 4.69) is 16.3 Å². The van der Waals surface area contributed by atoms with Crippen LogP contribution < -0.4 is 9.47 Å². The van der Waals surface area contributed by atoms with Crippen LogP contribution in [0.25, 0.3) is 6.08 Å². The Hall–Kier alpha value is -2.96. The smallest absolute Gasteiger partial charge is 0.231 e. The molecule has 0 bridgehead atoms. The Kier molecular flexibility index (Phi) is 4.22. The van der Waals surface area contributed by atoms with Crippen LogP contribution in [-0.4, -0.2) is 17.4 Å². The number of ketones is 1. The highest BCUT2D eigenvalue weighted by atomic mass is 32.1. The number of fused-ring (bicyclic) bond motifs is 3. The molecule has 140 valence electrons. The first-order chi connectivity index (χ1) is 13.7. The predicted molar refractivity (Wildman–Crippen MR) is 105 cm³/mol. The molecule has 2 aliphatic heterocycles. The van der Waals surface area contributed by atoms with E-state index in [1.54, 1.807) is 35.6 Å². The maximum atomic E-state index is 13.1. The molecule has 4 nitrogen and oxygen atoms in total. The van der Waals surface area contributed by atoms with E-state index in [0.717, 1.165) is 17.9 Å². The molecule has 0 aliphatic carbocycles. The number of ether oxygens (including phenoxy) is 2. The van der Waals surface area contributed by atoms with Gasteiger partial charge in [-0.15, -0.1) is 11.3 Å². The lowest BCUT2D eigenvalue weighted by Crippen LogP contribution is -2.31. The zero-order valence-corrected chi connectivity index (χ0v) is 15.7. The number of carbonyl (C=O) groups excluding carboxylic acids is 1. The normalized spacial score (nSPS) is 17.2. The average Bonchev–Trinajstić information content (AvgIpc) is 3.32. The van der Waals surface area contributed by atoms with E-state index in [1.165, 1.54) is 17.0 Å². The van der Waals surface area contributed by atoms with Crippen molar-refractivity contribution in [3.05, 3.63) is 87.1 Å². The molecule has 2 aliphatic rings. The van der Waals surface area contributed by atoms with Crippen molar-refractivity contribution in [1.29, 1.82) is 0 Å². The standard InChI is InChI=1S/C22H16FNO3S/c23-15-5-3-14(4-6-15)10-20-21(25)17-7-8-19-18(22(17)27-20)12-24(13-26-19)11-16-2-1-9-28-16/h1-10H,11-13H2/b20-10-. The fraction of sp³-hybridized carbons (Fsp3) is 0.136. The number of hydrogen-bond acceptors (Lipinski definition) is 5. The van der Waals surface area contributed by atoms with Gasteiger partial charge in [0.15, 0.2) is 5.76 Å². The van der Waals surface area contributed by atoms with Crippen molar-refractivity contribution in [2.45, 2.75) is 13.1 Å². The second-order valence-corrected chi connectivity index (χ2v) is 7.78. The van der Waals surface area contributed by atoms with Crippen molar-refractivity contribution in [2.24, 2.45) is 0 Å². The molecular formula is C22H16FNO3S. The third kappa shape index (κ3) is 3.10. The van der Waals surface area contributed by atoms with E-state index >= 15 is 0 Å². The van der Waals surface area contributed by atoms with Gasteiger partial charge in [0, 0.05) is 18.0 Å². The van der Waals surface area contributed by atoms with Crippen molar-refractivity contribution in [1.82, 2.24) is 4.90 Å². The molecule has 0 N–H and O–H groups in total. The van der Waals surface area contributed by atoms with E-state index in [-0.39, 0.29) is 17.4 Å². The highest BCUT2D eigenvalue weighted by Crippen LogP contribution is 2.42. The Labute approximate surface area is 165 Å². The first-order valence-electron chi connectivity index (χ1n) is 8.90. The van der Waals surface area contributed by atoms with Crippen LogP contribution in [0.1, 0.15) is 26.4 Å². The highest BCUT2D eigenvalue weighted by molar-refractivity contribution is 7.09. The van der Waals surface area contributed by atoms with Crippen molar-refractivity contribution < 1.29 is 18.7 Å². The number of rotatable bonds is 3. The van der Waals surface area contributed by atoms with Gasteiger partial charge in [-0.3, -0.25) is 9.69 Å². The predicted octanol–water partition coefficient (Wildman–Crippen LogP) is 4.86. The second kappa shape index (κ2) is 6.89. The summed E-state index contributed by atoms with van der Waals surface area (Å²) < 4.78 is 25.0. The second-order valence-electron chi connectivity index (χ2n) is 6.75. The summed E-state index contributed by atoms with van der Waals surface area (Å²) in [6.45, 7) is 1.93. The Bertz CT molecular complexity index is 1070. The lowest BCUT2D eigenvalue weighted by Gasteiger charge is -2.29. The molecule has 0 saturated carbocycles. The molecule has 5 rings (SSSR count). The third-order valence-electron chi connectivity index (χ3n) is 4.81. The maximum Gasteiger partial charge on any atom is 0.231 e. The summed E-state index contributed by atoms with van der Waals surface area (Å²) in [6, 6.07) is 13.7. The van der Waals surface area contributed by atoms with E-state index in [9.17, 15) is 9.18 Å². The Morgan fingerprint density at radius 2 is 2.00 bits per heavy atom.